The second-order valence-electron chi connectivity index (χ2n) is 4.09. The lowest BCUT2D eigenvalue weighted by atomic mass is 10.1. The van der Waals surface area contributed by atoms with Gasteiger partial charge in [-0.25, -0.2) is 4.98 Å². The van der Waals surface area contributed by atoms with Crippen LogP contribution in [0.15, 0.2) is 36.4 Å². The summed E-state index contributed by atoms with van der Waals surface area (Å²) in [6.07, 6.45) is -4.76. The number of pyridine rings is 1. The molecule has 0 amide bonds. The maximum Gasteiger partial charge on any atom is 0.573 e. The number of aliphatic hydroxyl groups is 1. The van der Waals surface area contributed by atoms with Crippen LogP contribution in [0, 0.1) is 0 Å². The number of aliphatic hydroxyl groups excluding tert-OH is 1. The van der Waals surface area contributed by atoms with Crippen molar-refractivity contribution in [2.75, 3.05) is 7.11 Å². The first kappa shape index (κ1) is 15.1. The van der Waals surface area contributed by atoms with Gasteiger partial charge >= 0.3 is 6.36 Å². The van der Waals surface area contributed by atoms with Crippen LogP contribution in [0.4, 0.5) is 13.2 Å². The minimum atomic E-state index is -4.76. The molecule has 2 aromatic rings. The monoisotopic (exact) mass is 299 g/mol. The predicted octanol–water partition coefficient (Wildman–Crippen LogP) is 3.15. The zero-order chi connectivity index (χ0) is 15.5. The van der Waals surface area contributed by atoms with Crippen molar-refractivity contribution in [3.8, 4) is 22.8 Å². The van der Waals surface area contributed by atoms with Gasteiger partial charge in [0.25, 0.3) is 0 Å². The summed E-state index contributed by atoms with van der Waals surface area (Å²) >= 11 is 0. The lowest BCUT2D eigenvalue weighted by Gasteiger charge is -2.12. The first-order valence-electron chi connectivity index (χ1n) is 5.94. The van der Waals surface area contributed by atoms with Gasteiger partial charge in [-0.05, 0) is 24.3 Å². The number of halogens is 3. The van der Waals surface area contributed by atoms with Gasteiger partial charge in [0.05, 0.1) is 19.4 Å². The van der Waals surface area contributed by atoms with Gasteiger partial charge in [-0.3, -0.25) is 0 Å². The summed E-state index contributed by atoms with van der Waals surface area (Å²) in [6, 6.07) is 8.56. The Bertz CT molecular complexity index is 629. The maximum absolute atomic E-state index is 12.2. The molecule has 112 valence electrons. The topological polar surface area (TPSA) is 51.6 Å². The van der Waals surface area contributed by atoms with Crippen LogP contribution < -0.4 is 9.47 Å². The smallest absolute Gasteiger partial charge is 0.494 e. The van der Waals surface area contributed by atoms with Crippen LogP contribution in [-0.2, 0) is 6.61 Å². The van der Waals surface area contributed by atoms with Gasteiger partial charge in [-0.1, -0.05) is 12.1 Å². The molecule has 0 saturated carbocycles. The Hall–Kier alpha value is -2.28. The van der Waals surface area contributed by atoms with Gasteiger partial charge in [-0.2, -0.15) is 0 Å². The molecular weight excluding hydrogens is 287 g/mol. The second kappa shape index (κ2) is 6.01. The molecule has 0 bridgehead atoms. The summed E-state index contributed by atoms with van der Waals surface area (Å²) < 4.78 is 45.7. The Morgan fingerprint density at radius 2 is 1.95 bits per heavy atom. The van der Waals surface area contributed by atoms with Crippen molar-refractivity contribution < 1.29 is 27.8 Å². The Balaban J connectivity index is 2.44. The van der Waals surface area contributed by atoms with Crippen LogP contribution in [0.3, 0.4) is 0 Å². The molecule has 0 spiro atoms. The molecule has 4 nitrogen and oxygen atoms in total. The molecule has 0 radical (unpaired) electrons. The highest BCUT2D eigenvalue weighted by atomic mass is 19.4. The molecule has 1 aromatic heterocycles. The number of alkyl halides is 3. The number of methoxy groups -OCH3 is 1. The summed E-state index contributed by atoms with van der Waals surface area (Å²) in [5, 5.41) is 9.10. The third kappa shape index (κ3) is 3.85. The molecular formula is C14H12F3NO3. The van der Waals surface area contributed by atoms with Gasteiger partial charge in [0, 0.05) is 5.56 Å². The van der Waals surface area contributed by atoms with Crippen molar-refractivity contribution in [3.63, 3.8) is 0 Å². The maximum atomic E-state index is 12.2. The largest absolute Gasteiger partial charge is 0.573 e. The zero-order valence-corrected chi connectivity index (χ0v) is 11.0. The fourth-order valence-electron chi connectivity index (χ4n) is 1.79. The number of rotatable bonds is 4. The Morgan fingerprint density at radius 1 is 1.19 bits per heavy atom. The summed E-state index contributed by atoms with van der Waals surface area (Å²) in [7, 11) is 1.43. The van der Waals surface area contributed by atoms with Crippen LogP contribution in [0.1, 0.15) is 5.69 Å². The van der Waals surface area contributed by atoms with Crippen LogP contribution >= 0.6 is 0 Å². The summed E-state index contributed by atoms with van der Waals surface area (Å²) in [5.74, 6) is 0.0367. The fourth-order valence-corrected chi connectivity index (χ4v) is 1.79. The molecule has 0 aliphatic heterocycles. The van der Waals surface area contributed by atoms with Crippen molar-refractivity contribution in [1.29, 1.82) is 0 Å². The van der Waals surface area contributed by atoms with E-state index in [1.165, 1.54) is 25.3 Å². The highest BCUT2D eigenvalue weighted by Gasteiger charge is 2.31. The van der Waals surface area contributed by atoms with Gasteiger partial charge in [-0.15, -0.1) is 13.2 Å². The van der Waals surface area contributed by atoms with Crippen LogP contribution in [-0.4, -0.2) is 23.6 Å². The summed E-state index contributed by atoms with van der Waals surface area (Å²) in [4.78, 5) is 4.16. The number of nitrogens with zero attached hydrogens (tertiary/aromatic N) is 1. The number of aromatic nitrogens is 1. The minimum absolute atomic E-state index is 0.282. The van der Waals surface area contributed by atoms with E-state index in [9.17, 15) is 13.2 Å². The SMILES string of the molecule is COc1ccc(CO)nc1-c1cccc(OC(F)(F)F)c1. The van der Waals surface area contributed by atoms with E-state index < -0.39 is 6.36 Å². The van der Waals surface area contributed by atoms with E-state index in [4.69, 9.17) is 9.84 Å². The third-order valence-electron chi connectivity index (χ3n) is 2.64. The van der Waals surface area contributed by atoms with Crippen molar-refractivity contribution in [2.24, 2.45) is 0 Å². The normalized spacial score (nSPS) is 11.3. The average molecular weight is 299 g/mol. The second-order valence-corrected chi connectivity index (χ2v) is 4.09. The molecule has 1 N–H and O–H groups in total. The first-order valence-corrected chi connectivity index (χ1v) is 5.94. The summed E-state index contributed by atoms with van der Waals surface area (Å²) in [5.41, 5.74) is 1.11. The van der Waals surface area contributed by atoms with Crippen LogP contribution in [0.2, 0.25) is 0 Å². The average Bonchev–Trinajstić information content (AvgIpc) is 2.45. The van der Waals surface area contributed by atoms with Gasteiger partial charge in [0.1, 0.15) is 17.2 Å². The molecule has 0 unspecified atom stereocenters. The molecule has 0 aliphatic rings. The molecule has 0 fully saturated rings. The van der Waals surface area contributed by atoms with Crippen molar-refractivity contribution in [1.82, 2.24) is 4.98 Å². The molecule has 7 heteroatoms. The van der Waals surface area contributed by atoms with E-state index in [-0.39, 0.29) is 12.4 Å². The molecule has 0 atom stereocenters. The van der Waals surface area contributed by atoms with E-state index in [2.05, 4.69) is 9.72 Å². The van der Waals surface area contributed by atoms with E-state index in [0.29, 0.717) is 22.7 Å². The highest BCUT2D eigenvalue weighted by Crippen LogP contribution is 2.32. The zero-order valence-electron chi connectivity index (χ0n) is 11.0. The van der Waals surface area contributed by atoms with Gasteiger partial charge in [0.2, 0.25) is 0 Å². The predicted molar refractivity (Wildman–Crippen MR) is 68.8 cm³/mol. The molecule has 0 saturated heterocycles. The van der Waals surface area contributed by atoms with E-state index >= 15 is 0 Å². The molecule has 2 rings (SSSR count). The summed E-state index contributed by atoms with van der Waals surface area (Å²) in [6.45, 7) is -0.282. The highest BCUT2D eigenvalue weighted by molar-refractivity contribution is 5.67. The van der Waals surface area contributed by atoms with Crippen molar-refractivity contribution in [3.05, 3.63) is 42.1 Å². The fraction of sp³-hybridized carbons (Fsp3) is 0.214. The molecule has 0 aliphatic carbocycles. The van der Waals surface area contributed by atoms with E-state index in [1.807, 2.05) is 0 Å². The van der Waals surface area contributed by atoms with Gasteiger partial charge < -0.3 is 14.6 Å². The first-order chi connectivity index (χ1) is 9.93. The van der Waals surface area contributed by atoms with Crippen molar-refractivity contribution in [2.45, 2.75) is 13.0 Å². The number of ether oxygens (including phenoxy) is 2. The number of hydrogen-bond acceptors (Lipinski definition) is 4. The van der Waals surface area contributed by atoms with E-state index in [1.54, 1.807) is 18.2 Å². The van der Waals surface area contributed by atoms with Gasteiger partial charge in [0.15, 0.2) is 0 Å². The Labute approximate surface area is 118 Å². The number of hydrogen-bond donors (Lipinski definition) is 1. The molecule has 21 heavy (non-hydrogen) atoms. The number of benzene rings is 1. The lowest BCUT2D eigenvalue weighted by Crippen LogP contribution is -2.17. The third-order valence-corrected chi connectivity index (χ3v) is 2.64. The molecule has 1 aromatic carbocycles. The Morgan fingerprint density at radius 3 is 2.57 bits per heavy atom. The Kier molecular flexibility index (Phi) is 4.32. The molecule has 1 heterocycles. The van der Waals surface area contributed by atoms with Crippen molar-refractivity contribution >= 4 is 0 Å². The van der Waals surface area contributed by atoms with Crippen LogP contribution in [0.5, 0.6) is 11.5 Å². The quantitative estimate of drug-likeness (QED) is 0.942. The van der Waals surface area contributed by atoms with Crippen LogP contribution in [0.25, 0.3) is 11.3 Å². The lowest BCUT2D eigenvalue weighted by molar-refractivity contribution is -0.274. The standard InChI is InChI=1S/C14H12F3NO3/c1-20-12-6-5-10(8-19)18-13(12)9-3-2-4-11(7-9)21-14(15,16)17/h2-7,19H,8H2,1H3. The minimum Gasteiger partial charge on any atom is -0.494 e. The van der Waals surface area contributed by atoms with E-state index in [0.717, 1.165) is 0 Å².